The summed E-state index contributed by atoms with van der Waals surface area (Å²) in [5, 5.41) is 16.6. The lowest BCUT2D eigenvalue weighted by Crippen LogP contribution is -2.48. The Morgan fingerprint density at radius 3 is 3.12 bits per heavy atom. The molecule has 1 saturated heterocycles. The third-order valence-electron chi connectivity index (χ3n) is 4.23. The zero-order valence-corrected chi connectivity index (χ0v) is 13.4. The third-order valence-corrected chi connectivity index (χ3v) is 4.23. The van der Waals surface area contributed by atoms with E-state index in [-0.39, 0.29) is 18.3 Å². The molecule has 6 nitrogen and oxygen atoms in total. The fraction of sp³-hybridized carbons (Fsp3) is 0.412. The van der Waals surface area contributed by atoms with Crippen LogP contribution in [0, 0.1) is 11.7 Å². The third kappa shape index (κ3) is 3.80. The first-order valence-electron chi connectivity index (χ1n) is 7.89. The highest BCUT2D eigenvalue weighted by atomic mass is 19.1. The van der Waals surface area contributed by atoms with Crippen molar-refractivity contribution in [2.75, 3.05) is 20.1 Å². The SMILES string of the molecule is CN1CC[C@@H](O)[C@H](C(=O)NCc2cc(-c3cccc(F)c3)no2)C1. The van der Waals surface area contributed by atoms with Crippen molar-refractivity contribution in [3.05, 3.63) is 41.9 Å². The van der Waals surface area contributed by atoms with E-state index in [2.05, 4.69) is 10.5 Å². The fourth-order valence-electron chi connectivity index (χ4n) is 2.85. The van der Waals surface area contributed by atoms with Gasteiger partial charge < -0.3 is 19.8 Å². The highest BCUT2D eigenvalue weighted by Gasteiger charge is 2.31. The minimum atomic E-state index is -0.626. The summed E-state index contributed by atoms with van der Waals surface area (Å²) in [5.41, 5.74) is 1.12. The summed E-state index contributed by atoms with van der Waals surface area (Å²) in [6.45, 7) is 1.48. The Kier molecular flexibility index (Phi) is 4.92. The van der Waals surface area contributed by atoms with Crippen molar-refractivity contribution in [1.82, 2.24) is 15.4 Å². The molecule has 2 atom stereocenters. The zero-order valence-electron chi connectivity index (χ0n) is 13.4. The lowest BCUT2D eigenvalue weighted by molar-refractivity contribution is -0.131. The fourth-order valence-corrected chi connectivity index (χ4v) is 2.85. The van der Waals surface area contributed by atoms with Gasteiger partial charge in [0.2, 0.25) is 5.91 Å². The number of aliphatic hydroxyl groups is 1. The van der Waals surface area contributed by atoms with Crippen LogP contribution in [0.25, 0.3) is 11.3 Å². The molecule has 128 valence electrons. The Labute approximate surface area is 139 Å². The number of rotatable bonds is 4. The molecule has 0 aliphatic carbocycles. The summed E-state index contributed by atoms with van der Waals surface area (Å²) in [6, 6.07) is 7.73. The molecular weight excluding hydrogens is 313 g/mol. The van der Waals surface area contributed by atoms with Gasteiger partial charge in [0, 0.05) is 24.7 Å². The molecule has 1 amide bonds. The Balaban J connectivity index is 1.60. The van der Waals surface area contributed by atoms with Gasteiger partial charge >= 0.3 is 0 Å². The standard InChI is InChI=1S/C17H20FN3O3/c1-21-6-5-16(22)14(10-21)17(23)19-9-13-8-15(20-24-13)11-3-2-4-12(18)7-11/h2-4,7-8,14,16,22H,5-6,9-10H2,1H3,(H,19,23)/t14-,16-/m1/s1. The number of hydrogen-bond donors (Lipinski definition) is 2. The van der Waals surface area contributed by atoms with E-state index in [9.17, 15) is 14.3 Å². The van der Waals surface area contributed by atoms with E-state index in [1.807, 2.05) is 11.9 Å². The van der Waals surface area contributed by atoms with Gasteiger partial charge in [-0.25, -0.2) is 4.39 Å². The van der Waals surface area contributed by atoms with Crippen LogP contribution < -0.4 is 5.32 Å². The smallest absolute Gasteiger partial charge is 0.227 e. The molecule has 0 bridgehead atoms. The van der Waals surface area contributed by atoms with Crippen LogP contribution in [0.2, 0.25) is 0 Å². The molecule has 7 heteroatoms. The Bertz CT molecular complexity index is 719. The average Bonchev–Trinajstić information content (AvgIpc) is 3.04. The minimum absolute atomic E-state index is 0.175. The summed E-state index contributed by atoms with van der Waals surface area (Å²) >= 11 is 0. The first-order chi connectivity index (χ1) is 11.5. The molecule has 1 fully saturated rings. The number of hydrogen-bond acceptors (Lipinski definition) is 5. The van der Waals surface area contributed by atoms with Gasteiger partial charge in [-0.2, -0.15) is 0 Å². The Hall–Kier alpha value is -2.25. The van der Waals surface area contributed by atoms with Crippen LogP contribution in [-0.2, 0) is 11.3 Å². The predicted molar refractivity (Wildman–Crippen MR) is 85.4 cm³/mol. The monoisotopic (exact) mass is 333 g/mol. The number of nitrogens with one attached hydrogen (secondary N) is 1. The van der Waals surface area contributed by atoms with E-state index in [4.69, 9.17) is 4.52 Å². The van der Waals surface area contributed by atoms with E-state index >= 15 is 0 Å². The minimum Gasteiger partial charge on any atom is -0.392 e. The quantitative estimate of drug-likeness (QED) is 0.884. The highest BCUT2D eigenvalue weighted by molar-refractivity contribution is 5.79. The Morgan fingerprint density at radius 1 is 1.50 bits per heavy atom. The van der Waals surface area contributed by atoms with Crippen molar-refractivity contribution in [3.63, 3.8) is 0 Å². The molecule has 2 N–H and O–H groups in total. The highest BCUT2D eigenvalue weighted by Crippen LogP contribution is 2.20. The maximum absolute atomic E-state index is 13.2. The zero-order chi connectivity index (χ0) is 17.1. The number of aromatic nitrogens is 1. The molecule has 0 saturated carbocycles. The van der Waals surface area contributed by atoms with Crippen LogP contribution in [0.4, 0.5) is 4.39 Å². The number of piperidine rings is 1. The van der Waals surface area contributed by atoms with Gasteiger partial charge in [0.25, 0.3) is 0 Å². The molecule has 24 heavy (non-hydrogen) atoms. The maximum atomic E-state index is 13.2. The van der Waals surface area contributed by atoms with Crippen LogP contribution in [-0.4, -0.2) is 47.3 Å². The summed E-state index contributed by atoms with van der Waals surface area (Å²) in [4.78, 5) is 14.3. The number of aliphatic hydroxyl groups excluding tert-OH is 1. The second-order valence-corrected chi connectivity index (χ2v) is 6.13. The second-order valence-electron chi connectivity index (χ2n) is 6.13. The molecule has 1 aliphatic heterocycles. The van der Waals surface area contributed by atoms with E-state index < -0.39 is 12.0 Å². The van der Waals surface area contributed by atoms with Gasteiger partial charge in [-0.1, -0.05) is 17.3 Å². The predicted octanol–water partition coefficient (Wildman–Crippen LogP) is 1.41. The van der Waals surface area contributed by atoms with Crippen LogP contribution in [0.3, 0.4) is 0 Å². The molecule has 0 radical (unpaired) electrons. The van der Waals surface area contributed by atoms with Crippen LogP contribution >= 0.6 is 0 Å². The van der Waals surface area contributed by atoms with Crippen molar-refractivity contribution in [2.45, 2.75) is 19.1 Å². The van der Waals surface area contributed by atoms with Gasteiger partial charge in [-0.15, -0.1) is 0 Å². The molecule has 0 unspecified atom stereocenters. The molecule has 1 aromatic carbocycles. The first kappa shape index (κ1) is 16.6. The van der Waals surface area contributed by atoms with Crippen molar-refractivity contribution in [3.8, 4) is 11.3 Å². The van der Waals surface area contributed by atoms with Crippen LogP contribution in [0.1, 0.15) is 12.2 Å². The number of nitrogens with zero attached hydrogens (tertiary/aromatic N) is 2. The van der Waals surface area contributed by atoms with Crippen LogP contribution in [0.15, 0.2) is 34.9 Å². The van der Waals surface area contributed by atoms with Crippen molar-refractivity contribution in [2.24, 2.45) is 5.92 Å². The molecule has 2 aromatic rings. The number of carbonyl (C=O) groups excluding carboxylic acids is 1. The van der Waals surface area contributed by atoms with Gasteiger partial charge in [-0.05, 0) is 25.6 Å². The van der Waals surface area contributed by atoms with Crippen molar-refractivity contribution < 1.29 is 18.8 Å². The molecule has 1 aliphatic rings. The lowest BCUT2D eigenvalue weighted by atomic mass is 9.94. The topological polar surface area (TPSA) is 78.6 Å². The molecule has 3 rings (SSSR count). The normalized spacial score (nSPS) is 21.6. The number of likely N-dealkylation sites (tertiary alicyclic amines) is 1. The number of carbonyl (C=O) groups is 1. The summed E-state index contributed by atoms with van der Waals surface area (Å²) in [5.74, 6) is -0.533. The van der Waals surface area contributed by atoms with E-state index in [1.54, 1.807) is 18.2 Å². The molecule has 1 aromatic heterocycles. The summed E-state index contributed by atoms with van der Waals surface area (Å²) in [6.07, 6.45) is -0.0422. The summed E-state index contributed by atoms with van der Waals surface area (Å²) < 4.78 is 18.4. The van der Waals surface area contributed by atoms with Crippen molar-refractivity contribution >= 4 is 5.91 Å². The average molecular weight is 333 g/mol. The Morgan fingerprint density at radius 2 is 2.33 bits per heavy atom. The molecule has 2 heterocycles. The van der Waals surface area contributed by atoms with Crippen LogP contribution in [0.5, 0.6) is 0 Å². The molecular formula is C17H20FN3O3. The first-order valence-corrected chi connectivity index (χ1v) is 7.89. The lowest BCUT2D eigenvalue weighted by Gasteiger charge is -2.32. The number of halogens is 1. The maximum Gasteiger partial charge on any atom is 0.227 e. The second kappa shape index (κ2) is 7.11. The van der Waals surface area contributed by atoms with E-state index in [0.29, 0.717) is 30.0 Å². The van der Waals surface area contributed by atoms with Crippen molar-refractivity contribution in [1.29, 1.82) is 0 Å². The summed E-state index contributed by atoms with van der Waals surface area (Å²) in [7, 11) is 1.92. The van der Waals surface area contributed by atoms with E-state index in [1.165, 1.54) is 12.1 Å². The number of benzene rings is 1. The van der Waals surface area contributed by atoms with Gasteiger partial charge in [0.05, 0.1) is 18.6 Å². The van der Waals surface area contributed by atoms with Gasteiger partial charge in [-0.3, -0.25) is 4.79 Å². The van der Waals surface area contributed by atoms with Gasteiger partial charge in [0.1, 0.15) is 11.5 Å². The molecule has 0 spiro atoms. The van der Waals surface area contributed by atoms with E-state index in [0.717, 1.165) is 6.54 Å². The largest absolute Gasteiger partial charge is 0.392 e. The number of amides is 1. The van der Waals surface area contributed by atoms with Gasteiger partial charge in [0.15, 0.2) is 5.76 Å².